The first-order valence-corrected chi connectivity index (χ1v) is 3.65. The fourth-order valence-electron chi connectivity index (χ4n) is 0.748. The minimum Gasteiger partial charge on any atom is -0.420 e. The number of hydrogen-bond acceptors (Lipinski definition) is 3. The van der Waals surface area contributed by atoms with Gasteiger partial charge in [0.1, 0.15) is 4.49 Å². The summed E-state index contributed by atoms with van der Waals surface area (Å²) in [5.74, 6) is 0.158. The average molecular weight is 197 g/mol. The van der Waals surface area contributed by atoms with Gasteiger partial charge in [0.15, 0.2) is 11.4 Å². The van der Waals surface area contributed by atoms with Crippen molar-refractivity contribution in [2.75, 3.05) is 0 Å². The summed E-state index contributed by atoms with van der Waals surface area (Å²) in [5.41, 5.74) is -0.851. The number of ether oxygens (including phenoxy) is 2. The zero-order valence-corrected chi connectivity index (χ0v) is 7.49. The standard InChI is InChI=1S/C6H6Cl2O3/c1-6(2)3(4(7)8)10-5(9)11-6/h1-2H3. The van der Waals surface area contributed by atoms with E-state index in [-0.39, 0.29) is 10.3 Å². The number of carbonyl (C=O) groups excluding carboxylic acids is 1. The van der Waals surface area contributed by atoms with E-state index in [0.717, 1.165) is 0 Å². The van der Waals surface area contributed by atoms with Crippen molar-refractivity contribution in [3.8, 4) is 0 Å². The first-order valence-electron chi connectivity index (χ1n) is 2.90. The van der Waals surface area contributed by atoms with Crippen LogP contribution < -0.4 is 0 Å². The highest BCUT2D eigenvalue weighted by atomic mass is 35.5. The van der Waals surface area contributed by atoms with Crippen LogP contribution in [0.2, 0.25) is 0 Å². The molecule has 0 aromatic heterocycles. The Balaban J connectivity index is 3.01. The molecule has 0 N–H and O–H groups in total. The van der Waals surface area contributed by atoms with Gasteiger partial charge in [-0.05, 0) is 13.8 Å². The fourth-order valence-corrected chi connectivity index (χ4v) is 1.28. The average Bonchev–Trinajstić information content (AvgIpc) is 2.04. The number of carbonyl (C=O) groups is 1. The smallest absolute Gasteiger partial charge is 0.420 e. The highest BCUT2D eigenvalue weighted by molar-refractivity contribution is 6.56. The molecule has 11 heavy (non-hydrogen) atoms. The Kier molecular flexibility index (Phi) is 2.03. The van der Waals surface area contributed by atoms with E-state index in [1.165, 1.54) is 0 Å². The summed E-state index contributed by atoms with van der Waals surface area (Å²) in [7, 11) is 0. The van der Waals surface area contributed by atoms with Crippen LogP contribution >= 0.6 is 23.2 Å². The molecule has 0 bridgehead atoms. The van der Waals surface area contributed by atoms with Crippen LogP contribution in [-0.2, 0) is 9.47 Å². The van der Waals surface area contributed by atoms with E-state index in [2.05, 4.69) is 4.74 Å². The summed E-state index contributed by atoms with van der Waals surface area (Å²) in [6.45, 7) is 3.27. The van der Waals surface area contributed by atoms with Gasteiger partial charge in [-0.2, -0.15) is 0 Å². The Morgan fingerprint density at radius 1 is 1.45 bits per heavy atom. The maximum absolute atomic E-state index is 10.6. The summed E-state index contributed by atoms with van der Waals surface area (Å²) in [4.78, 5) is 10.6. The summed E-state index contributed by atoms with van der Waals surface area (Å²) in [5, 5.41) is 0. The molecule has 1 rings (SSSR count). The molecule has 0 saturated carbocycles. The van der Waals surface area contributed by atoms with E-state index in [9.17, 15) is 4.79 Å². The molecular weight excluding hydrogens is 191 g/mol. The molecule has 0 radical (unpaired) electrons. The van der Waals surface area contributed by atoms with Gasteiger partial charge in [-0.1, -0.05) is 23.2 Å². The molecule has 1 saturated heterocycles. The Labute approximate surface area is 73.9 Å². The highest BCUT2D eigenvalue weighted by Gasteiger charge is 2.41. The van der Waals surface area contributed by atoms with Gasteiger partial charge in [0, 0.05) is 0 Å². The molecule has 0 aliphatic carbocycles. The molecule has 62 valence electrons. The lowest BCUT2D eigenvalue weighted by Crippen LogP contribution is -2.20. The van der Waals surface area contributed by atoms with Crippen LogP contribution in [0.1, 0.15) is 13.8 Å². The van der Waals surface area contributed by atoms with E-state index in [1.807, 2.05) is 0 Å². The monoisotopic (exact) mass is 196 g/mol. The van der Waals surface area contributed by atoms with Gasteiger partial charge in [0.05, 0.1) is 0 Å². The summed E-state index contributed by atoms with van der Waals surface area (Å²) in [6.07, 6.45) is -0.774. The molecule has 1 aliphatic rings. The molecule has 3 nitrogen and oxygen atoms in total. The predicted octanol–water partition coefficient (Wildman–Crippen LogP) is 2.58. The van der Waals surface area contributed by atoms with E-state index >= 15 is 0 Å². The number of rotatable bonds is 0. The van der Waals surface area contributed by atoms with Crippen molar-refractivity contribution in [1.82, 2.24) is 0 Å². The van der Waals surface area contributed by atoms with Crippen LogP contribution in [0.5, 0.6) is 0 Å². The number of halogens is 2. The normalized spacial score (nSPS) is 21.1. The zero-order chi connectivity index (χ0) is 8.65. The van der Waals surface area contributed by atoms with Crippen molar-refractivity contribution in [2.24, 2.45) is 0 Å². The minimum atomic E-state index is -0.851. The van der Waals surface area contributed by atoms with Crippen molar-refractivity contribution in [2.45, 2.75) is 19.4 Å². The Morgan fingerprint density at radius 2 is 2.00 bits per heavy atom. The van der Waals surface area contributed by atoms with E-state index in [0.29, 0.717) is 0 Å². The lowest BCUT2D eigenvalue weighted by Gasteiger charge is -2.13. The van der Waals surface area contributed by atoms with Crippen LogP contribution in [0.25, 0.3) is 0 Å². The van der Waals surface area contributed by atoms with Crippen molar-refractivity contribution < 1.29 is 14.3 Å². The lowest BCUT2D eigenvalue weighted by molar-refractivity contribution is 0.0872. The Morgan fingerprint density at radius 3 is 2.18 bits per heavy atom. The maximum atomic E-state index is 10.6. The van der Waals surface area contributed by atoms with E-state index in [4.69, 9.17) is 27.9 Å². The van der Waals surface area contributed by atoms with Gasteiger partial charge in [0.2, 0.25) is 0 Å². The maximum Gasteiger partial charge on any atom is 0.514 e. The molecule has 0 aromatic rings. The van der Waals surface area contributed by atoms with Crippen molar-refractivity contribution in [3.63, 3.8) is 0 Å². The quantitative estimate of drug-likeness (QED) is 0.559. The van der Waals surface area contributed by atoms with E-state index in [1.54, 1.807) is 13.8 Å². The highest BCUT2D eigenvalue weighted by Crippen LogP contribution is 2.34. The second-order valence-electron chi connectivity index (χ2n) is 2.55. The van der Waals surface area contributed by atoms with Gasteiger partial charge in [-0.25, -0.2) is 4.79 Å². The number of hydrogen-bond donors (Lipinski definition) is 0. The van der Waals surface area contributed by atoms with Gasteiger partial charge in [0.25, 0.3) is 0 Å². The molecule has 0 spiro atoms. The van der Waals surface area contributed by atoms with Crippen LogP contribution in [0.15, 0.2) is 10.3 Å². The third kappa shape index (κ3) is 1.60. The summed E-state index contributed by atoms with van der Waals surface area (Å²) < 4.78 is 9.24. The van der Waals surface area contributed by atoms with Gasteiger partial charge < -0.3 is 9.47 Å². The largest absolute Gasteiger partial charge is 0.514 e. The number of cyclic esters (lactones) is 2. The summed E-state index contributed by atoms with van der Waals surface area (Å²) in [6, 6.07) is 0. The van der Waals surface area contributed by atoms with Gasteiger partial charge in [-0.3, -0.25) is 0 Å². The van der Waals surface area contributed by atoms with Crippen molar-refractivity contribution in [1.29, 1.82) is 0 Å². The Hall–Kier alpha value is -0.410. The van der Waals surface area contributed by atoms with Crippen molar-refractivity contribution >= 4 is 29.4 Å². The Bertz CT molecular complexity index is 228. The van der Waals surface area contributed by atoms with E-state index < -0.39 is 11.8 Å². The van der Waals surface area contributed by atoms with Gasteiger partial charge in [-0.15, -0.1) is 0 Å². The third-order valence-corrected chi connectivity index (χ3v) is 1.59. The first kappa shape index (κ1) is 8.68. The molecular formula is C6H6Cl2O3. The molecule has 0 atom stereocenters. The van der Waals surface area contributed by atoms with Crippen LogP contribution in [0.4, 0.5) is 4.79 Å². The topological polar surface area (TPSA) is 35.5 Å². The van der Waals surface area contributed by atoms with Crippen LogP contribution in [0.3, 0.4) is 0 Å². The molecule has 0 amide bonds. The SMILES string of the molecule is CC1(C)OC(=O)OC1=C(Cl)Cl. The van der Waals surface area contributed by atoms with Crippen LogP contribution in [0, 0.1) is 0 Å². The van der Waals surface area contributed by atoms with Crippen molar-refractivity contribution in [3.05, 3.63) is 10.3 Å². The molecule has 1 fully saturated rings. The first-order chi connectivity index (χ1) is 4.93. The van der Waals surface area contributed by atoms with Crippen LogP contribution in [-0.4, -0.2) is 11.8 Å². The second-order valence-corrected chi connectivity index (χ2v) is 3.50. The second kappa shape index (κ2) is 2.57. The predicted molar refractivity (Wildman–Crippen MR) is 40.4 cm³/mol. The molecule has 1 heterocycles. The lowest BCUT2D eigenvalue weighted by atomic mass is 10.1. The molecule has 0 unspecified atom stereocenters. The summed E-state index contributed by atoms with van der Waals surface area (Å²) >= 11 is 10.8. The molecule has 0 aromatic carbocycles. The third-order valence-electron chi connectivity index (χ3n) is 1.24. The molecule has 1 aliphatic heterocycles. The fraction of sp³-hybridized carbons (Fsp3) is 0.500. The molecule has 5 heteroatoms. The minimum absolute atomic E-state index is 0.0825. The zero-order valence-electron chi connectivity index (χ0n) is 5.98. The van der Waals surface area contributed by atoms with Gasteiger partial charge >= 0.3 is 6.16 Å².